The first-order valence-corrected chi connectivity index (χ1v) is 9.07. The molecule has 0 saturated carbocycles. The molecule has 0 rings (SSSR count). The molecule has 0 aliphatic heterocycles. The monoisotopic (exact) mass is 306 g/mol. The number of carbonyl (C=O) groups excluding carboxylic acids is 1. The molecule has 0 aliphatic rings. The number of aliphatic carboxylic acids is 1. The van der Waals surface area contributed by atoms with Gasteiger partial charge in [0.2, 0.25) is 0 Å². The van der Waals surface area contributed by atoms with Gasteiger partial charge in [-0.2, -0.15) is 0 Å². The molecule has 1 unspecified atom stereocenters. The molecule has 0 fully saturated rings. The standard InChI is InChI=1S/C18H36O3.Li/c1-2-3-4-5-6-7-8-9-10-11-12-13-14-15-16-17(19)18(20)21;/h17,19H,2-16H2,1H3,(H,20,21);/q;+1/p-1. The Labute approximate surface area is 149 Å². The van der Waals surface area contributed by atoms with Gasteiger partial charge in [0.05, 0.1) is 12.1 Å². The molecule has 4 heteroatoms. The molecule has 0 spiro atoms. The molecule has 0 radical (unpaired) electrons. The summed E-state index contributed by atoms with van der Waals surface area (Å²) in [6.07, 6.45) is 16.9. The minimum Gasteiger partial charge on any atom is -0.547 e. The van der Waals surface area contributed by atoms with Crippen LogP contribution in [0.5, 0.6) is 0 Å². The fraction of sp³-hybridized carbons (Fsp3) is 0.944. The van der Waals surface area contributed by atoms with Crippen molar-refractivity contribution in [3.8, 4) is 0 Å². The Morgan fingerprint density at radius 2 is 1.09 bits per heavy atom. The fourth-order valence-electron chi connectivity index (χ4n) is 2.65. The fourth-order valence-corrected chi connectivity index (χ4v) is 2.65. The Morgan fingerprint density at radius 1 is 0.773 bits per heavy atom. The minimum absolute atomic E-state index is 0. The van der Waals surface area contributed by atoms with E-state index in [0.717, 1.165) is 19.3 Å². The van der Waals surface area contributed by atoms with Crippen LogP contribution in [0, 0.1) is 0 Å². The van der Waals surface area contributed by atoms with E-state index in [0.29, 0.717) is 6.42 Å². The van der Waals surface area contributed by atoms with Crippen LogP contribution in [0.3, 0.4) is 0 Å². The molecule has 126 valence electrons. The van der Waals surface area contributed by atoms with Crippen molar-refractivity contribution in [1.82, 2.24) is 0 Å². The van der Waals surface area contributed by atoms with Crippen LogP contribution in [0.4, 0.5) is 0 Å². The Hall–Kier alpha value is 0.0274. The van der Waals surface area contributed by atoms with E-state index in [4.69, 9.17) is 5.11 Å². The average molecular weight is 306 g/mol. The number of carbonyl (C=O) groups is 1. The van der Waals surface area contributed by atoms with Gasteiger partial charge >= 0.3 is 18.9 Å². The van der Waals surface area contributed by atoms with E-state index < -0.39 is 12.1 Å². The topological polar surface area (TPSA) is 60.4 Å². The molecule has 22 heavy (non-hydrogen) atoms. The van der Waals surface area contributed by atoms with Crippen molar-refractivity contribution in [2.75, 3.05) is 0 Å². The number of unbranched alkanes of at least 4 members (excludes halogenated alkanes) is 13. The molecule has 1 N–H and O–H groups in total. The van der Waals surface area contributed by atoms with Crippen molar-refractivity contribution >= 4 is 5.97 Å². The largest absolute Gasteiger partial charge is 1.00 e. The number of hydrogen-bond donors (Lipinski definition) is 1. The molecule has 3 nitrogen and oxygen atoms in total. The van der Waals surface area contributed by atoms with Gasteiger partial charge in [0.15, 0.2) is 0 Å². The number of aliphatic hydroxyl groups excluding tert-OH is 1. The van der Waals surface area contributed by atoms with Crippen LogP contribution in [-0.4, -0.2) is 17.2 Å². The van der Waals surface area contributed by atoms with Crippen molar-refractivity contribution in [3.63, 3.8) is 0 Å². The summed E-state index contributed by atoms with van der Waals surface area (Å²) in [5, 5.41) is 19.4. The molecule has 0 heterocycles. The summed E-state index contributed by atoms with van der Waals surface area (Å²) in [6.45, 7) is 2.26. The summed E-state index contributed by atoms with van der Waals surface area (Å²) in [5.74, 6) is -1.34. The zero-order chi connectivity index (χ0) is 15.8. The number of carboxylic acids is 1. The van der Waals surface area contributed by atoms with E-state index in [1.165, 1.54) is 70.6 Å². The van der Waals surface area contributed by atoms with Crippen molar-refractivity contribution < 1.29 is 33.9 Å². The maximum atomic E-state index is 10.3. The van der Waals surface area contributed by atoms with E-state index in [9.17, 15) is 9.90 Å². The van der Waals surface area contributed by atoms with Crippen molar-refractivity contribution in [3.05, 3.63) is 0 Å². The third-order valence-corrected chi connectivity index (χ3v) is 4.10. The summed E-state index contributed by atoms with van der Waals surface area (Å²) in [7, 11) is 0. The quantitative estimate of drug-likeness (QED) is 0.341. The molecule has 0 aromatic rings. The van der Waals surface area contributed by atoms with Crippen LogP contribution in [-0.2, 0) is 4.79 Å². The van der Waals surface area contributed by atoms with Crippen molar-refractivity contribution in [1.29, 1.82) is 0 Å². The van der Waals surface area contributed by atoms with Crippen LogP contribution in [0.25, 0.3) is 0 Å². The van der Waals surface area contributed by atoms with Gasteiger partial charge in [-0.3, -0.25) is 0 Å². The van der Waals surface area contributed by atoms with Crippen LogP contribution in [0.1, 0.15) is 103 Å². The van der Waals surface area contributed by atoms with Gasteiger partial charge in [-0.1, -0.05) is 96.8 Å². The summed E-state index contributed by atoms with van der Waals surface area (Å²) in [6, 6.07) is 0. The van der Waals surface area contributed by atoms with Crippen LogP contribution in [0.2, 0.25) is 0 Å². The first-order valence-electron chi connectivity index (χ1n) is 9.07. The maximum absolute atomic E-state index is 10.3. The number of rotatable bonds is 16. The van der Waals surface area contributed by atoms with Crippen LogP contribution < -0.4 is 24.0 Å². The minimum atomic E-state index is -1.34. The molecule has 0 aliphatic carbocycles. The van der Waals surface area contributed by atoms with Crippen LogP contribution in [0.15, 0.2) is 0 Å². The number of carboxylic acid groups (broad SMARTS) is 1. The van der Waals surface area contributed by atoms with Crippen molar-refractivity contribution in [2.45, 2.75) is 109 Å². The maximum Gasteiger partial charge on any atom is 1.00 e. The van der Waals surface area contributed by atoms with Gasteiger partial charge in [-0.25, -0.2) is 0 Å². The van der Waals surface area contributed by atoms with Gasteiger partial charge in [0.1, 0.15) is 0 Å². The molecule has 0 amide bonds. The Bertz CT molecular complexity index is 234. The van der Waals surface area contributed by atoms with E-state index >= 15 is 0 Å². The predicted molar refractivity (Wildman–Crippen MR) is 85.9 cm³/mol. The summed E-state index contributed by atoms with van der Waals surface area (Å²) < 4.78 is 0. The van der Waals surface area contributed by atoms with Gasteiger partial charge in [-0.15, -0.1) is 0 Å². The second-order valence-electron chi connectivity index (χ2n) is 6.22. The summed E-state index contributed by atoms with van der Waals surface area (Å²) in [4.78, 5) is 10.3. The van der Waals surface area contributed by atoms with Gasteiger partial charge in [-0.05, 0) is 6.42 Å². The Kier molecular flexibility index (Phi) is 21.1. The van der Waals surface area contributed by atoms with E-state index in [2.05, 4.69) is 6.92 Å². The Balaban J connectivity index is 0. The smallest absolute Gasteiger partial charge is 0.547 e. The second kappa shape index (κ2) is 19.1. The summed E-state index contributed by atoms with van der Waals surface area (Å²) >= 11 is 0. The molecule has 1 atom stereocenters. The van der Waals surface area contributed by atoms with Crippen LogP contribution >= 0.6 is 0 Å². The SMILES string of the molecule is CCCCCCCCCCCCCCCCC(O)C(=O)[O-].[Li+]. The first-order chi connectivity index (χ1) is 10.2. The van der Waals surface area contributed by atoms with Gasteiger partial charge in [0, 0.05) is 0 Å². The molecular weight excluding hydrogens is 271 g/mol. The van der Waals surface area contributed by atoms with Gasteiger partial charge < -0.3 is 15.0 Å². The molecule has 0 aromatic heterocycles. The zero-order valence-corrected chi connectivity index (χ0v) is 14.9. The van der Waals surface area contributed by atoms with E-state index in [1.807, 2.05) is 0 Å². The van der Waals surface area contributed by atoms with Gasteiger partial charge in [0.25, 0.3) is 0 Å². The van der Waals surface area contributed by atoms with Crippen molar-refractivity contribution in [2.24, 2.45) is 0 Å². The number of aliphatic hydroxyl groups is 1. The molecule has 0 aromatic carbocycles. The zero-order valence-electron chi connectivity index (χ0n) is 14.9. The Morgan fingerprint density at radius 3 is 1.41 bits per heavy atom. The third-order valence-electron chi connectivity index (χ3n) is 4.10. The average Bonchev–Trinajstić information content (AvgIpc) is 2.47. The first kappa shape index (κ1) is 24.3. The predicted octanol–water partition coefficient (Wildman–Crippen LogP) is 0.973. The second-order valence-corrected chi connectivity index (χ2v) is 6.22. The third kappa shape index (κ3) is 18.1. The molecule has 0 saturated heterocycles. The molecule has 0 bridgehead atoms. The summed E-state index contributed by atoms with van der Waals surface area (Å²) in [5.41, 5.74) is 0. The van der Waals surface area contributed by atoms with E-state index in [1.54, 1.807) is 0 Å². The van der Waals surface area contributed by atoms with E-state index in [-0.39, 0.29) is 18.9 Å². The molecular formula is C18H35LiO3. The normalized spacial score (nSPS) is 11.9. The number of hydrogen-bond acceptors (Lipinski definition) is 3.